The number of carbonyl (C=O) groups is 1. The van der Waals surface area contributed by atoms with E-state index in [0.29, 0.717) is 17.4 Å². The third kappa shape index (κ3) is 4.79. The van der Waals surface area contributed by atoms with Crippen molar-refractivity contribution in [1.82, 2.24) is 9.21 Å². The number of nitrogens with zero attached hydrogens (tertiary/aromatic N) is 2. The molecule has 2 heterocycles. The molecular weight excluding hydrogens is 385 g/mol. The highest BCUT2D eigenvalue weighted by atomic mass is 35.5. The predicted octanol–water partition coefficient (Wildman–Crippen LogP) is 0.630. The van der Waals surface area contributed by atoms with Crippen molar-refractivity contribution in [2.75, 3.05) is 39.9 Å². The molecule has 1 aliphatic heterocycles. The molecule has 2 rings (SSSR count). The average molecular weight is 404 g/mol. The number of amides is 1. The summed E-state index contributed by atoms with van der Waals surface area (Å²) in [7, 11) is -2.07. The van der Waals surface area contributed by atoms with E-state index in [1.165, 1.54) is 17.5 Å². The van der Waals surface area contributed by atoms with Crippen molar-refractivity contribution in [2.24, 2.45) is 5.73 Å². The molecule has 0 radical (unpaired) electrons. The SMILES string of the molecule is COCC(N)C(=O)N1CCN(S(=O)(=O)c2ccc(Cl)s2)CC1.Cl. The maximum absolute atomic E-state index is 12.4. The lowest BCUT2D eigenvalue weighted by atomic mass is 10.2. The van der Waals surface area contributed by atoms with E-state index >= 15 is 0 Å². The maximum Gasteiger partial charge on any atom is 0.252 e. The van der Waals surface area contributed by atoms with Crippen LogP contribution in [-0.4, -0.2) is 69.5 Å². The van der Waals surface area contributed by atoms with Crippen molar-refractivity contribution in [3.63, 3.8) is 0 Å². The van der Waals surface area contributed by atoms with Crippen molar-refractivity contribution in [3.05, 3.63) is 16.5 Å². The van der Waals surface area contributed by atoms with Crippen LogP contribution in [-0.2, 0) is 19.6 Å². The van der Waals surface area contributed by atoms with Gasteiger partial charge in [-0.1, -0.05) is 11.6 Å². The molecule has 1 aromatic rings. The number of nitrogens with two attached hydrogens (primary N) is 1. The van der Waals surface area contributed by atoms with Crippen LogP contribution >= 0.6 is 35.3 Å². The van der Waals surface area contributed by atoms with Crippen LogP contribution in [0, 0.1) is 0 Å². The Labute approximate surface area is 150 Å². The maximum atomic E-state index is 12.4. The molecule has 0 aliphatic carbocycles. The van der Waals surface area contributed by atoms with Crippen LogP contribution in [0.25, 0.3) is 0 Å². The van der Waals surface area contributed by atoms with Gasteiger partial charge < -0.3 is 15.4 Å². The van der Waals surface area contributed by atoms with Crippen LogP contribution in [0.1, 0.15) is 0 Å². The van der Waals surface area contributed by atoms with Crippen molar-refractivity contribution < 1.29 is 17.9 Å². The Kier molecular flexibility index (Phi) is 7.72. The van der Waals surface area contributed by atoms with E-state index in [1.807, 2.05) is 0 Å². The number of hydrogen-bond acceptors (Lipinski definition) is 6. The molecule has 11 heteroatoms. The van der Waals surface area contributed by atoms with Crippen LogP contribution in [0.15, 0.2) is 16.3 Å². The van der Waals surface area contributed by atoms with E-state index in [-0.39, 0.29) is 42.2 Å². The van der Waals surface area contributed by atoms with Gasteiger partial charge in [-0.2, -0.15) is 4.31 Å². The van der Waals surface area contributed by atoms with E-state index in [9.17, 15) is 13.2 Å². The van der Waals surface area contributed by atoms with Crippen LogP contribution < -0.4 is 5.73 Å². The van der Waals surface area contributed by atoms with Gasteiger partial charge in [0.25, 0.3) is 10.0 Å². The first-order valence-corrected chi connectivity index (χ1v) is 9.28. The highest BCUT2D eigenvalue weighted by Crippen LogP contribution is 2.28. The summed E-state index contributed by atoms with van der Waals surface area (Å²) in [6.07, 6.45) is 0. The third-order valence-electron chi connectivity index (χ3n) is 3.36. The number of thiophene rings is 1. The lowest BCUT2D eigenvalue weighted by Gasteiger charge is -2.34. The molecule has 0 saturated carbocycles. The number of hydrogen-bond donors (Lipinski definition) is 1. The molecule has 1 fully saturated rings. The van der Waals surface area contributed by atoms with Gasteiger partial charge in [-0.3, -0.25) is 4.79 Å². The van der Waals surface area contributed by atoms with Crippen LogP contribution in [0.4, 0.5) is 0 Å². The Morgan fingerprint density at radius 3 is 2.48 bits per heavy atom. The fraction of sp³-hybridized carbons (Fsp3) is 0.583. The van der Waals surface area contributed by atoms with Gasteiger partial charge >= 0.3 is 0 Å². The van der Waals surface area contributed by atoms with Gasteiger partial charge in [0.05, 0.1) is 10.9 Å². The molecule has 0 spiro atoms. The smallest absolute Gasteiger partial charge is 0.252 e. The zero-order valence-corrected chi connectivity index (χ0v) is 15.7. The van der Waals surface area contributed by atoms with Crippen molar-refractivity contribution in [3.8, 4) is 0 Å². The lowest BCUT2D eigenvalue weighted by molar-refractivity contribution is -0.134. The summed E-state index contributed by atoms with van der Waals surface area (Å²) in [5.74, 6) is -0.224. The number of sulfonamides is 1. The highest BCUT2D eigenvalue weighted by Gasteiger charge is 2.32. The zero-order chi connectivity index (χ0) is 16.3. The molecule has 0 aromatic carbocycles. The topological polar surface area (TPSA) is 92.9 Å². The first-order valence-electron chi connectivity index (χ1n) is 6.65. The summed E-state index contributed by atoms with van der Waals surface area (Å²) in [6.45, 7) is 1.25. The molecule has 1 aromatic heterocycles. The number of ether oxygens (including phenoxy) is 1. The van der Waals surface area contributed by atoms with Crippen LogP contribution in [0.2, 0.25) is 4.34 Å². The minimum atomic E-state index is -3.55. The van der Waals surface area contributed by atoms with E-state index < -0.39 is 16.1 Å². The van der Waals surface area contributed by atoms with Crippen LogP contribution in [0.3, 0.4) is 0 Å². The molecule has 2 N–H and O–H groups in total. The molecule has 1 atom stereocenters. The molecular formula is C12H19Cl2N3O4S2. The number of piperazine rings is 1. The number of methoxy groups -OCH3 is 1. The Hall–Kier alpha value is -0.420. The Bertz CT molecular complexity index is 630. The minimum Gasteiger partial charge on any atom is -0.383 e. The second kappa shape index (κ2) is 8.61. The van der Waals surface area contributed by atoms with Gasteiger partial charge in [0.1, 0.15) is 10.3 Å². The van der Waals surface area contributed by atoms with Crippen molar-refractivity contribution in [1.29, 1.82) is 0 Å². The fourth-order valence-corrected chi connectivity index (χ4v) is 5.26. The van der Waals surface area contributed by atoms with Gasteiger partial charge in [0.2, 0.25) is 5.91 Å². The van der Waals surface area contributed by atoms with E-state index in [1.54, 1.807) is 11.0 Å². The summed E-state index contributed by atoms with van der Waals surface area (Å²) in [5.41, 5.74) is 5.71. The first kappa shape index (κ1) is 20.6. The second-order valence-corrected chi connectivity index (χ2v) is 8.73. The zero-order valence-electron chi connectivity index (χ0n) is 12.5. The summed E-state index contributed by atoms with van der Waals surface area (Å²) in [4.78, 5) is 13.6. The van der Waals surface area contributed by atoms with Crippen LogP contribution in [0.5, 0.6) is 0 Å². The first-order chi connectivity index (χ1) is 10.4. The van der Waals surface area contributed by atoms with E-state index in [2.05, 4.69) is 0 Å². The van der Waals surface area contributed by atoms with E-state index in [4.69, 9.17) is 22.1 Å². The summed E-state index contributed by atoms with van der Waals surface area (Å²) >= 11 is 6.82. The molecule has 23 heavy (non-hydrogen) atoms. The van der Waals surface area contributed by atoms with Gasteiger partial charge in [0.15, 0.2) is 0 Å². The quantitative estimate of drug-likeness (QED) is 0.777. The molecule has 1 unspecified atom stereocenters. The van der Waals surface area contributed by atoms with Gasteiger partial charge in [-0.25, -0.2) is 8.42 Å². The standard InChI is InChI=1S/C12H18ClN3O4S2.ClH/c1-20-8-9(14)12(17)15-4-6-16(7-5-15)22(18,19)11-3-2-10(13)21-11;/h2-3,9H,4-8,14H2,1H3;1H. The Morgan fingerprint density at radius 1 is 1.39 bits per heavy atom. The summed E-state index contributed by atoms with van der Waals surface area (Å²) in [6, 6.07) is 2.33. The second-order valence-electron chi connectivity index (χ2n) is 4.85. The van der Waals surface area contributed by atoms with Gasteiger partial charge in [-0.05, 0) is 12.1 Å². The minimum absolute atomic E-state index is 0. The number of halogens is 2. The Morgan fingerprint density at radius 2 is 2.00 bits per heavy atom. The largest absolute Gasteiger partial charge is 0.383 e. The molecule has 132 valence electrons. The van der Waals surface area contributed by atoms with E-state index in [0.717, 1.165) is 11.3 Å². The molecule has 1 amide bonds. The summed E-state index contributed by atoms with van der Waals surface area (Å²) in [5, 5.41) is 0. The predicted molar refractivity (Wildman–Crippen MR) is 91.8 cm³/mol. The Balaban J connectivity index is 0.00000264. The number of carbonyl (C=O) groups excluding carboxylic acids is 1. The third-order valence-corrected chi connectivity index (χ3v) is 6.95. The number of rotatable bonds is 5. The molecule has 0 bridgehead atoms. The molecule has 1 aliphatic rings. The van der Waals surface area contributed by atoms with Gasteiger partial charge in [0, 0.05) is 33.3 Å². The van der Waals surface area contributed by atoms with Crippen molar-refractivity contribution >= 4 is 51.3 Å². The average Bonchev–Trinajstić information content (AvgIpc) is 2.94. The lowest BCUT2D eigenvalue weighted by Crippen LogP contribution is -2.55. The fourth-order valence-electron chi connectivity index (χ4n) is 2.20. The molecule has 7 nitrogen and oxygen atoms in total. The monoisotopic (exact) mass is 403 g/mol. The summed E-state index contributed by atoms with van der Waals surface area (Å²) < 4.78 is 31.8. The van der Waals surface area contributed by atoms with Crippen molar-refractivity contribution in [2.45, 2.75) is 10.3 Å². The van der Waals surface area contributed by atoms with Gasteiger partial charge in [-0.15, -0.1) is 23.7 Å². The highest BCUT2D eigenvalue weighted by molar-refractivity contribution is 7.91. The molecule has 1 saturated heterocycles. The normalized spacial score (nSPS) is 17.6.